The summed E-state index contributed by atoms with van der Waals surface area (Å²) in [5.74, 6) is 0. The second-order valence-corrected chi connectivity index (χ2v) is 2.28. The highest BCUT2D eigenvalue weighted by molar-refractivity contribution is 5.16. The minimum Gasteiger partial charge on any atom is -0.365 e. The lowest BCUT2D eigenvalue weighted by Gasteiger charge is -1.89. The molecule has 0 fully saturated rings. The fourth-order valence-electron chi connectivity index (χ4n) is 0.910. The summed E-state index contributed by atoms with van der Waals surface area (Å²) >= 11 is 0. The van der Waals surface area contributed by atoms with Crippen LogP contribution in [0.5, 0.6) is 0 Å². The van der Waals surface area contributed by atoms with Crippen molar-refractivity contribution in [3.05, 3.63) is 23.5 Å². The Morgan fingerprint density at radius 3 is 2.70 bits per heavy atom. The summed E-state index contributed by atoms with van der Waals surface area (Å²) in [4.78, 5) is 3.10. The normalized spacial score (nSPS) is 10.2. The maximum absolute atomic E-state index is 5.41. The van der Waals surface area contributed by atoms with Crippen molar-refractivity contribution in [1.82, 2.24) is 4.98 Å². The highest BCUT2D eigenvalue weighted by Crippen LogP contribution is 2.01. The molecule has 0 saturated heterocycles. The van der Waals surface area contributed by atoms with Gasteiger partial charge in [0.2, 0.25) is 0 Å². The summed E-state index contributed by atoms with van der Waals surface area (Å²) in [5, 5.41) is 0. The van der Waals surface area contributed by atoms with Gasteiger partial charge in [-0.05, 0) is 24.6 Å². The van der Waals surface area contributed by atoms with Crippen molar-refractivity contribution in [2.45, 2.75) is 13.0 Å². The fourth-order valence-corrected chi connectivity index (χ4v) is 0.910. The number of hydrogen-bond donors (Lipinski definition) is 3. The molecule has 1 heterocycles. The van der Waals surface area contributed by atoms with E-state index in [0.29, 0.717) is 13.1 Å². The summed E-state index contributed by atoms with van der Waals surface area (Å²) in [7, 11) is 0. The Hall–Kier alpha value is -0.800. The molecule has 0 unspecified atom stereocenters. The van der Waals surface area contributed by atoms with Crippen LogP contribution in [-0.4, -0.2) is 11.5 Å². The van der Waals surface area contributed by atoms with Crippen molar-refractivity contribution < 1.29 is 0 Å². The summed E-state index contributed by atoms with van der Waals surface area (Å²) < 4.78 is 0. The van der Waals surface area contributed by atoms with Gasteiger partial charge < -0.3 is 16.5 Å². The molecule has 1 aromatic heterocycles. The fraction of sp³-hybridized carbons (Fsp3) is 0.429. The van der Waals surface area contributed by atoms with Gasteiger partial charge in [0.15, 0.2) is 0 Å². The van der Waals surface area contributed by atoms with E-state index in [1.54, 1.807) is 0 Å². The van der Waals surface area contributed by atoms with Crippen LogP contribution in [0.1, 0.15) is 11.3 Å². The van der Waals surface area contributed by atoms with Crippen molar-refractivity contribution >= 4 is 0 Å². The molecule has 3 nitrogen and oxygen atoms in total. The lowest BCUT2D eigenvalue weighted by Crippen LogP contribution is -2.02. The quantitative estimate of drug-likeness (QED) is 0.550. The average Bonchev–Trinajstić information content (AvgIpc) is 2.37. The molecule has 10 heavy (non-hydrogen) atoms. The van der Waals surface area contributed by atoms with E-state index in [1.165, 1.54) is 5.69 Å². The molecule has 3 heteroatoms. The Balaban J connectivity index is 2.59. The first kappa shape index (κ1) is 7.31. The van der Waals surface area contributed by atoms with Gasteiger partial charge >= 0.3 is 0 Å². The predicted octanol–water partition coefficient (Wildman–Crippen LogP) is -0.0254. The minimum absolute atomic E-state index is 0.598. The molecule has 0 aromatic carbocycles. The van der Waals surface area contributed by atoms with Crippen LogP contribution >= 0.6 is 0 Å². The van der Waals surface area contributed by atoms with Crippen LogP contribution in [0, 0.1) is 0 Å². The summed E-state index contributed by atoms with van der Waals surface area (Å²) in [6.07, 6.45) is 2.82. The highest BCUT2D eigenvalue weighted by Gasteiger charge is 1.94. The zero-order valence-corrected chi connectivity index (χ0v) is 5.93. The summed E-state index contributed by atoms with van der Waals surface area (Å²) in [6, 6.07) is 2.05. The molecule has 1 rings (SSSR count). The van der Waals surface area contributed by atoms with Gasteiger partial charge in [-0.25, -0.2) is 0 Å². The van der Waals surface area contributed by atoms with Gasteiger partial charge in [-0.3, -0.25) is 0 Å². The molecule has 1 aromatic rings. The lowest BCUT2D eigenvalue weighted by atomic mass is 10.2. The monoisotopic (exact) mass is 139 g/mol. The van der Waals surface area contributed by atoms with Crippen LogP contribution in [0.2, 0.25) is 0 Å². The number of nitrogens with one attached hydrogen (secondary N) is 1. The van der Waals surface area contributed by atoms with Gasteiger partial charge in [-0.2, -0.15) is 0 Å². The van der Waals surface area contributed by atoms with Gasteiger partial charge in [0, 0.05) is 18.4 Å². The van der Waals surface area contributed by atoms with Gasteiger partial charge in [0.1, 0.15) is 0 Å². The zero-order valence-electron chi connectivity index (χ0n) is 5.93. The van der Waals surface area contributed by atoms with Crippen molar-refractivity contribution in [2.75, 3.05) is 6.54 Å². The molecule has 0 bridgehead atoms. The standard InChI is InChI=1S/C7H13N3/c8-2-1-7-3-6(4-9)5-10-7/h3,5,10H,1-2,4,8-9H2. The minimum atomic E-state index is 0.598. The number of H-pyrrole nitrogens is 1. The Morgan fingerprint density at radius 2 is 2.20 bits per heavy atom. The van der Waals surface area contributed by atoms with Gasteiger partial charge in [0.25, 0.3) is 0 Å². The third-order valence-corrected chi connectivity index (χ3v) is 1.45. The summed E-state index contributed by atoms with van der Waals surface area (Å²) in [6.45, 7) is 1.28. The molecule has 0 aliphatic carbocycles. The Morgan fingerprint density at radius 1 is 1.40 bits per heavy atom. The molecule has 0 radical (unpaired) electrons. The topological polar surface area (TPSA) is 67.8 Å². The Bertz CT molecular complexity index is 192. The Labute approximate surface area is 60.4 Å². The van der Waals surface area contributed by atoms with E-state index >= 15 is 0 Å². The predicted molar refractivity (Wildman–Crippen MR) is 41.4 cm³/mol. The van der Waals surface area contributed by atoms with Crippen LogP contribution in [-0.2, 0) is 13.0 Å². The SMILES string of the molecule is NCCc1cc(CN)c[nH]1. The molecule has 5 N–H and O–H groups in total. The van der Waals surface area contributed by atoms with Crippen molar-refractivity contribution in [2.24, 2.45) is 11.5 Å². The molecule has 0 saturated carbocycles. The molecule has 0 aliphatic heterocycles. The number of aromatic amines is 1. The van der Waals surface area contributed by atoms with Crippen LogP contribution in [0.3, 0.4) is 0 Å². The van der Waals surface area contributed by atoms with E-state index in [0.717, 1.165) is 12.0 Å². The third-order valence-electron chi connectivity index (χ3n) is 1.45. The van der Waals surface area contributed by atoms with E-state index in [4.69, 9.17) is 11.5 Å². The van der Waals surface area contributed by atoms with E-state index in [9.17, 15) is 0 Å². The van der Waals surface area contributed by atoms with E-state index in [1.807, 2.05) is 12.3 Å². The smallest absolute Gasteiger partial charge is 0.0193 e. The molecule has 0 spiro atoms. The van der Waals surface area contributed by atoms with E-state index < -0.39 is 0 Å². The van der Waals surface area contributed by atoms with E-state index in [2.05, 4.69) is 4.98 Å². The summed E-state index contributed by atoms with van der Waals surface area (Å²) in [5.41, 5.74) is 13.1. The van der Waals surface area contributed by atoms with Crippen molar-refractivity contribution in [1.29, 1.82) is 0 Å². The maximum Gasteiger partial charge on any atom is 0.0193 e. The van der Waals surface area contributed by atoms with Crippen LogP contribution in [0.15, 0.2) is 12.3 Å². The van der Waals surface area contributed by atoms with E-state index in [-0.39, 0.29) is 0 Å². The molecule has 0 aliphatic rings. The molecule has 0 atom stereocenters. The molecule has 0 amide bonds. The number of nitrogens with two attached hydrogens (primary N) is 2. The van der Waals surface area contributed by atoms with Crippen molar-refractivity contribution in [3.63, 3.8) is 0 Å². The second-order valence-electron chi connectivity index (χ2n) is 2.28. The first-order valence-electron chi connectivity index (χ1n) is 3.43. The second kappa shape index (κ2) is 3.39. The number of aromatic nitrogens is 1. The van der Waals surface area contributed by atoms with Crippen LogP contribution in [0.25, 0.3) is 0 Å². The van der Waals surface area contributed by atoms with Crippen LogP contribution < -0.4 is 11.5 Å². The first-order valence-corrected chi connectivity index (χ1v) is 3.43. The molecular weight excluding hydrogens is 126 g/mol. The number of hydrogen-bond acceptors (Lipinski definition) is 2. The van der Waals surface area contributed by atoms with Crippen molar-refractivity contribution in [3.8, 4) is 0 Å². The maximum atomic E-state index is 5.41. The number of rotatable bonds is 3. The lowest BCUT2D eigenvalue weighted by molar-refractivity contribution is 0.935. The van der Waals surface area contributed by atoms with Crippen LogP contribution in [0.4, 0.5) is 0 Å². The van der Waals surface area contributed by atoms with Gasteiger partial charge in [-0.15, -0.1) is 0 Å². The van der Waals surface area contributed by atoms with Gasteiger partial charge in [-0.1, -0.05) is 0 Å². The third kappa shape index (κ3) is 1.59. The highest BCUT2D eigenvalue weighted by atomic mass is 14.7. The average molecular weight is 139 g/mol. The zero-order chi connectivity index (χ0) is 7.40. The van der Waals surface area contributed by atoms with Gasteiger partial charge in [0.05, 0.1) is 0 Å². The molecular formula is C7H13N3. The molecule has 56 valence electrons. The first-order chi connectivity index (χ1) is 4.86. The Kier molecular flexibility index (Phi) is 2.48. The largest absolute Gasteiger partial charge is 0.365 e.